The van der Waals surface area contributed by atoms with Gasteiger partial charge in [0.15, 0.2) is 0 Å². The second-order valence-corrected chi connectivity index (χ2v) is 3.72. The van der Waals surface area contributed by atoms with E-state index in [1.807, 2.05) is 26.0 Å². The van der Waals surface area contributed by atoms with Crippen molar-refractivity contribution in [3.8, 4) is 17.5 Å². The van der Waals surface area contributed by atoms with E-state index in [1.54, 1.807) is 6.07 Å². The third-order valence-corrected chi connectivity index (χ3v) is 2.27. The maximum Gasteiger partial charge on any atom is 0.269 e. The summed E-state index contributed by atoms with van der Waals surface area (Å²) in [5, 5.41) is 8.65. The van der Waals surface area contributed by atoms with Gasteiger partial charge in [-0.3, -0.25) is 9.78 Å². The van der Waals surface area contributed by atoms with Crippen molar-refractivity contribution < 1.29 is 0 Å². The molecule has 0 aliphatic rings. The Morgan fingerprint density at radius 2 is 1.94 bits per heavy atom. The van der Waals surface area contributed by atoms with E-state index in [4.69, 9.17) is 5.26 Å². The minimum atomic E-state index is -0.426. The van der Waals surface area contributed by atoms with Crippen molar-refractivity contribution in [2.24, 2.45) is 0 Å². The van der Waals surface area contributed by atoms with E-state index in [9.17, 15) is 4.79 Å². The zero-order chi connectivity index (χ0) is 12.4. The molecular formula is C12H10N4O. The first-order valence-electron chi connectivity index (χ1n) is 5.05. The molecule has 0 unspecified atom stereocenters. The lowest BCUT2D eigenvalue weighted by atomic mass is 10.2. The largest absolute Gasteiger partial charge is 0.305 e. The SMILES string of the molecule is Cc1cc(-c2ncc(C#N)c(=O)[nH]2)cc(C)n1. The number of aromatic amines is 1. The molecule has 5 nitrogen and oxygen atoms in total. The first-order valence-corrected chi connectivity index (χ1v) is 5.05. The summed E-state index contributed by atoms with van der Waals surface area (Å²) >= 11 is 0. The fourth-order valence-corrected chi connectivity index (χ4v) is 1.59. The summed E-state index contributed by atoms with van der Waals surface area (Å²) in [6, 6.07) is 5.44. The molecule has 2 aromatic heterocycles. The van der Waals surface area contributed by atoms with Crippen LogP contribution in [0, 0.1) is 25.2 Å². The molecule has 0 bridgehead atoms. The lowest BCUT2D eigenvalue weighted by Gasteiger charge is -2.03. The van der Waals surface area contributed by atoms with Crippen LogP contribution in [-0.4, -0.2) is 15.0 Å². The van der Waals surface area contributed by atoms with Gasteiger partial charge in [0.1, 0.15) is 17.5 Å². The number of nitriles is 1. The second kappa shape index (κ2) is 4.18. The van der Waals surface area contributed by atoms with Gasteiger partial charge in [-0.1, -0.05) is 0 Å². The summed E-state index contributed by atoms with van der Waals surface area (Å²) in [5.41, 5.74) is 2.08. The van der Waals surface area contributed by atoms with Crippen LogP contribution < -0.4 is 5.56 Å². The molecule has 0 amide bonds. The van der Waals surface area contributed by atoms with Crippen LogP contribution in [0.5, 0.6) is 0 Å². The van der Waals surface area contributed by atoms with Gasteiger partial charge >= 0.3 is 0 Å². The third-order valence-electron chi connectivity index (χ3n) is 2.27. The van der Waals surface area contributed by atoms with Crippen LogP contribution in [0.3, 0.4) is 0 Å². The van der Waals surface area contributed by atoms with Gasteiger partial charge in [-0.2, -0.15) is 5.26 Å². The lowest BCUT2D eigenvalue weighted by Crippen LogP contribution is -2.12. The molecule has 2 rings (SSSR count). The minimum absolute atomic E-state index is 0.0104. The Balaban J connectivity index is 2.58. The number of aryl methyl sites for hydroxylation is 2. The first-order chi connectivity index (χ1) is 8.10. The van der Waals surface area contributed by atoms with Crippen molar-refractivity contribution in [1.29, 1.82) is 5.26 Å². The predicted molar refractivity (Wildman–Crippen MR) is 62.3 cm³/mol. The van der Waals surface area contributed by atoms with E-state index in [0.29, 0.717) is 5.82 Å². The summed E-state index contributed by atoms with van der Waals surface area (Å²) in [4.78, 5) is 22.4. The fraction of sp³-hybridized carbons (Fsp3) is 0.167. The van der Waals surface area contributed by atoms with Gasteiger partial charge in [-0.15, -0.1) is 0 Å². The van der Waals surface area contributed by atoms with Crippen molar-refractivity contribution in [2.45, 2.75) is 13.8 Å². The smallest absolute Gasteiger partial charge is 0.269 e. The molecule has 2 heterocycles. The minimum Gasteiger partial charge on any atom is -0.305 e. The lowest BCUT2D eigenvalue weighted by molar-refractivity contribution is 1.08. The third kappa shape index (κ3) is 2.21. The van der Waals surface area contributed by atoms with Crippen molar-refractivity contribution in [2.75, 3.05) is 0 Å². The van der Waals surface area contributed by atoms with Crippen molar-refractivity contribution in [3.63, 3.8) is 0 Å². The molecule has 0 aliphatic carbocycles. The maximum absolute atomic E-state index is 11.5. The molecule has 2 aromatic rings. The molecule has 0 radical (unpaired) electrons. The average molecular weight is 226 g/mol. The topological polar surface area (TPSA) is 82.4 Å². The molecule has 5 heteroatoms. The van der Waals surface area contributed by atoms with Crippen LogP contribution in [0.25, 0.3) is 11.4 Å². The Hall–Kier alpha value is -2.48. The number of rotatable bonds is 1. The van der Waals surface area contributed by atoms with Gasteiger partial charge in [0.25, 0.3) is 5.56 Å². The standard InChI is InChI=1S/C12H10N4O/c1-7-3-9(4-8(2)15-7)11-14-6-10(5-13)12(17)16-11/h3-4,6H,1-2H3,(H,14,16,17). The number of H-pyrrole nitrogens is 1. The zero-order valence-electron chi connectivity index (χ0n) is 9.48. The van der Waals surface area contributed by atoms with Crippen LogP contribution in [0.2, 0.25) is 0 Å². The van der Waals surface area contributed by atoms with Crippen molar-refractivity contribution in [3.05, 3.63) is 45.6 Å². The highest BCUT2D eigenvalue weighted by Gasteiger charge is 2.05. The molecule has 0 fully saturated rings. The summed E-state index contributed by atoms with van der Waals surface area (Å²) < 4.78 is 0. The molecule has 0 saturated carbocycles. The van der Waals surface area contributed by atoms with Gasteiger partial charge in [0.05, 0.1) is 6.20 Å². The van der Waals surface area contributed by atoms with Gasteiger partial charge in [0, 0.05) is 17.0 Å². The Labute approximate surface area is 97.8 Å². The molecule has 0 aliphatic heterocycles. The zero-order valence-corrected chi connectivity index (χ0v) is 9.48. The molecule has 0 aromatic carbocycles. The van der Waals surface area contributed by atoms with E-state index in [1.165, 1.54) is 6.20 Å². The number of nitrogens with one attached hydrogen (secondary N) is 1. The first kappa shape index (κ1) is 11.0. The highest BCUT2D eigenvalue weighted by Crippen LogP contribution is 2.15. The van der Waals surface area contributed by atoms with Gasteiger partial charge in [-0.25, -0.2) is 4.98 Å². The molecule has 0 saturated heterocycles. The molecule has 17 heavy (non-hydrogen) atoms. The molecule has 0 atom stereocenters. The van der Waals surface area contributed by atoms with Crippen LogP contribution in [-0.2, 0) is 0 Å². The summed E-state index contributed by atoms with van der Waals surface area (Å²) in [7, 11) is 0. The summed E-state index contributed by atoms with van der Waals surface area (Å²) in [6.07, 6.45) is 1.28. The predicted octanol–water partition coefficient (Wildman–Crippen LogP) is 1.32. The number of aromatic nitrogens is 3. The van der Waals surface area contributed by atoms with E-state index >= 15 is 0 Å². The van der Waals surface area contributed by atoms with E-state index in [0.717, 1.165) is 17.0 Å². The van der Waals surface area contributed by atoms with E-state index in [2.05, 4.69) is 15.0 Å². The second-order valence-electron chi connectivity index (χ2n) is 3.72. The average Bonchev–Trinajstić information content (AvgIpc) is 2.27. The molecule has 1 N–H and O–H groups in total. The van der Waals surface area contributed by atoms with Crippen molar-refractivity contribution in [1.82, 2.24) is 15.0 Å². The van der Waals surface area contributed by atoms with Gasteiger partial charge < -0.3 is 4.98 Å². The normalized spacial score (nSPS) is 9.94. The Kier molecular flexibility index (Phi) is 2.71. The van der Waals surface area contributed by atoms with Crippen LogP contribution in [0.1, 0.15) is 17.0 Å². The highest BCUT2D eigenvalue weighted by atomic mass is 16.1. The molecule has 0 spiro atoms. The van der Waals surface area contributed by atoms with Gasteiger partial charge in [0.2, 0.25) is 0 Å². The van der Waals surface area contributed by atoms with Crippen LogP contribution in [0.4, 0.5) is 0 Å². The fourth-order valence-electron chi connectivity index (χ4n) is 1.59. The monoisotopic (exact) mass is 226 g/mol. The number of hydrogen-bond donors (Lipinski definition) is 1. The Bertz CT molecular complexity index is 647. The highest BCUT2D eigenvalue weighted by molar-refractivity contribution is 5.55. The van der Waals surface area contributed by atoms with Crippen LogP contribution in [0.15, 0.2) is 23.1 Å². The summed E-state index contributed by atoms with van der Waals surface area (Å²) in [6.45, 7) is 3.75. The van der Waals surface area contributed by atoms with Crippen molar-refractivity contribution >= 4 is 0 Å². The maximum atomic E-state index is 11.5. The quantitative estimate of drug-likeness (QED) is 0.794. The van der Waals surface area contributed by atoms with E-state index in [-0.39, 0.29) is 5.56 Å². The molecular weight excluding hydrogens is 216 g/mol. The van der Waals surface area contributed by atoms with Crippen LogP contribution >= 0.6 is 0 Å². The summed E-state index contributed by atoms with van der Waals surface area (Å²) in [5.74, 6) is 0.447. The molecule has 84 valence electrons. The number of pyridine rings is 1. The Morgan fingerprint density at radius 3 is 2.47 bits per heavy atom. The van der Waals surface area contributed by atoms with E-state index < -0.39 is 5.56 Å². The number of nitrogens with zero attached hydrogens (tertiary/aromatic N) is 3. The Morgan fingerprint density at radius 1 is 1.29 bits per heavy atom. The number of hydrogen-bond acceptors (Lipinski definition) is 4. The van der Waals surface area contributed by atoms with Gasteiger partial charge in [-0.05, 0) is 26.0 Å².